The smallest absolute Gasteiger partial charge is 0.231 e. The van der Waals surface area contributed by atoms with E-state index in [1.165, 1.54) is 5.75 Å². The Morgan fingerprint density at radius 2 is 2.19 bits per heavy atom. The van der Waals surface area contributed by atoms with Crippen molar-refractivity contribution in [3.8, 4) is 0 Å². The molecular formula is C15H28N4OS. The minimum absolute atomic E-state index is 0.257. The van der Waals surface area contributed by atoms with Crippen LogP contribution >= 0.6 is 11.8 Å². The molecule has 1 aliphatic rings. The summed E-state index contributed by atoms with van der Waals surface area (Å²) in [5.74, 6) is 4.57. The highest BCUT2D eigenvalue weighted by molar-refractivity contribution is 7.99. The van der Waals surface area contributed by atoms with Crippen LogP contribution in [0.4, 0.5) is 0 Å². The van der Waals surface area contributed by atoms with Gasteiger partial charge in [0, 0.05) is 24.1 Å². The van der Waals surface area contributed by atoms with Gasteiger partial charge >= 0.3 is 0 Å². The van der Waals surface area contributed by atoms with Gasteiger partial charge in [0.1, 0.15) is 0 Å². The molecule has 0 saturated carbocycles. The van der Waals surface area contributed by atoms with Crippen molar-refractivity contribution < 1.29 is 4.52 Å². The number of likely N-dealkylation sites (N-methyl/N-ethyl adjacent to an activating group) is 1. The second-order valence-electron chi connectivity index (χ2n) is 6.18. The van der Waals surface area contributed by atoms with Gasteiger partial charge in [-0.15, -0.1) is 0 Å². The van der Waals surface area contributed by atoms with Crippen molar-refractivity contribution in [3.63, 3.8) is 0 Å². The molecule has 0 bridgehead atoms. The van der Waals surface area contributed by atoms with Crippen LogP contribution in [0.1, 0.15) is 51.4 Å². The maximum atomic E-state index is 5.62. The summed E-state index contributed by atoms with van der Waals surface area (Å²) in [4.78, 5) is 7.06. The summed E-state index contributed by atoms with van der Waals surface area (Å²) in [5.41, 5.74) is 0. The van der Waals surface area contributed by atoms with Crippen LogP contribution in [0.3, 0.4) is 0 Å². The first kappa shape index (κ1) is 16.8. The summed E-state index contributed by atoms with van der Waals surface area (Å²) in [7, 11) is 2.14. The Morgan fingerprint density at radius 3 is 2.81 bits per heavy atom. The van der Waals surface area contributed by atoms with Gasteiger partial charge < -0.3 is 9.84 Å². The Morgan fingerprint density at radius 1 is 1.43 bits per heavy atom. The van der Waals surface area contributed by atoms with E-state index in [9.17, 15) is 0 Å². The Bertz CT molecular complexity index is 437. The van der Waals surface area contributed by atoms with Crippen molar-refractivity contribution >= 4 is 11.8 Å². The molecule has 0 aliphatic carbocycles. The number of thioether (sulfide) groups is 1. The van der Waals surface area contributed by atoms with E-state index in [0.29, 0.717) is 12.0 Å². The molecule has 2 heterocycles. The maximum Gasteiger partial charge on any atom is 0.231 e. The van der Waals surface area contributed by atoms with Crippen LogP contribution < -0.4 is 5.32 Å². The third-order valence-corrected chi connectivity index (χ3v) is 5.24. The fraction of sp³-hybridized carbons (Fsp3) is 0.867. The van der Waals surface area contributed by atoms with Crippen LogP contribution in [0.25, 0.3) is 0 Å². The molecule has 3 atom stereocenters. The fourth-order valence-corrected chi connectivity index (χ4v) is 4.21. The molecule has 0 radical (unpaired) electrons. The Hall–Kier alpha value is -0.590. The second-order valence-corrected chi connectivity index (χ2v) is 7.33. The normalized spacial score (nSPS) is 23.4. The lowest BCUT2D eigenvalue weighted by atomic mass is 9.89. The monoisotopic (exact) mass is 312 g/mol. The predicted octanol–water partition coefficient (Wildman–Crippen LogP) is 2.53. The molecule has 3 unspecified atom stereocenters. The summed E-state index contributed by atoms with van der Waals surface area (Å²) < 4.78 is 5.62. The van der Waals surface area contributed by atoms with Crippen molar-refractivity contribution in [2.24, 2.45) is 5.92 Å². The first-order valence-electron chi connectivity index (χ1n) is 7.89. The third-order valence-electron chi connectivity index (χ3n) is 4.22. The van der Waals surface area contributed by atoms with Gasteiger partial charge in [-0.25, -0.2) is 0 Å². The van der Waals surface area contributed by atoms with Crippen LogP contribution in [0.2, 0.25) is 0 Å². The van der Waals surface area contributed by atoms with Crippen LogP contribution in [-0.2, 0) is 0 Å². The standard InChI is InChI=1S/C15H28N4OS/c1-6-16-11(4)13(10(2)3)15-17-14(18-20-15)12-9-21-8-7-19(12)5/h10-13,16H,6-9H2,1-5H3. The highest BCUT2D eigenvalue weighted by Gasteiger charge is 2.31. The number of rotatable bonds is 6. The summed E-state index contributed by atoms with van der Waals surface area (Å²) >= 11 is 1.96. The molecule has 120 valence electrons. The topological polar surface area (TPSA) is 54.2 Å². The number of nitrogens with one attached hydrogen (secondary N) is 1. The van der Waals surface area contributed by atoms with E-state index < -0.39 is 0 Å². The van der Waals surface area contributed by atoms with Gasteiger partial charge in [-0.1, -0.05) is 25.9 Å². The van der Waals surface area contributed by atoms with Gasteiger partial charge in [-0.2, -0.15) is 16.7 Å². The molecule has 21 heavy (non-hydrogen) atoms. The van der Waals surface area contributed by atoms with Gasteiger partial charge in [-0.05, 0) is 26.4 Å². The molecule has 0 amide bonds. The van der Waals surface area contributed by atoms with E-state index in [1.54, 1.807) is 0 Å². The van der Waals surface area contributed by atoms with Crippen molar-refractivity contribution in [1.82, 2.24) is 20.4 Å². The van der Waals surface area contributed by atoms with Gasteiger partial charge in [-0.3, -0.25) is 4.90 Å². The van der Waals surface area contributed by atoms with Crippen LogP contribution in [0, 0.1) is 5.92 Å². The average molecular weight is 312 g/mol. The molecule has 1 saturated heterocycles. The lowest BCUT2D eigenvalue weighted by Gasteiger charge is -2.29. The summed E-state index contributed by atoms with van der Waals surface area (Å²) in [6, 6.07) is 0.616. The van der Waals surface area contributed by atoms with Crippen molar-refractivity contribution in [3.05, 3.63) is 11.7 Å². The zero-order valence-corrected chi connectivity index (χ0v) is 14.6. The van der Waals surface area contributed by atoms with E-state index in [-0.39, 0.29) is 12.0 Å². The number of nitrogens with zero attached hydrogens (tertiary/aromatic N) is 3. The highest BCUT2D eigenvalue weighted by atomic mass is 32.2. The zero-order chi connectivity index (χ0) is 15.4. The van der Waals surface area contributed by atoms with Gasteiger partial charge in [0.15, 0.2) is 5.82 Å². The molecule has 5 nitrogen and oxygen atoms in total. The van der Waals surface area contributed by atoms with E-state index >= 15 is 0 Å². The SMILES string of the molecule is CCNC(C)C(c1nc(C2CSCCN2C)no1)C(C)C. The molecular weight excluding hydrogens is 284 g/mol. The van der Waals surface area contributed by atoms with Gasteiger partial charge in [0.05, 0.1) is 12.0 Å². The number of hydrogen-bond donors (Lipinski definition) is 1. The van der Waals surface area contributed by atoms with Crippen LogP contribution in [-0.4, -0.2) is 52.7 Å². The van der Waals surface area contributed by atoms with E-state index in [1.807, 2.05) is 11.8 Å². The lowest BCUT2D eigenvalue weighted by molar-refractivity contribution is 0.252. The van der Waals surface area contributed by atoms with E-state index in [4.69, 9.17) is 9.51 Å². The molecule has 6 heteroatoms. The summed E-state index contributed by atoms with van der Waals surface area (Å²) in [5, 5.41) is 7.75. The summed E-state index contributed by atoms with van der Waals surface area (Å²) in [6.07, 6.45) is 0. The molecule has 1 fully saturated rings. The van der Waals surface area contributed by atoms with Crippen molar-refractivity contribution in [2.45, 2.75) is 45.7 Å². The Labute approximate surface area is 132 Å². The first-order chi connectivity index (χ1) is 10.0. The van der Waals surface area contributed by atoms with Gasteiger partial charge in [0.2, 0.25) is 5.89 Å². The average Bonchev–Trinajstić information content (AvgIpc) is 2.88. The highest BCUT2D eigenvalue weighted by Crippen LogP contribution is 2.30. The van der Waals surface area contributed by atoms with Crippen molar-refractivity contribution in [2.75, 3.05) is 31.6 Å². The maximum absolute atomic E-state index is 5.62. The van der Waals surface area contributed by atoms with Crippen molar-refractivity contribution in [1.29, 1.82) is 0 Å². The van der Waals surface area contributed by atoms with E-state index in [0.717, 1.165) is 30.6 Å². The molecule has 2 rings (SSSR count). The second kappa shape index (κ2) is 7.61. The lowest BCUT2D eigenvalue weighted by Crippen LogP contribution is -2.35. The Kier molecular flexibility index (Phi) is 6.08. The molecule has 1 aliphatic heterocycles. The third kappa shape index (κ3) is 3.99. The summed E-state index contributed by atoms with van der Waals surface area (Å²) in [6.45, 7) is 10.8. The quantitative estimate of drug-likeness (QED) is 0.871. The Balaban J connectivity index is 2.16. The van der Waals surface area contributed by atoms with Crippen LogP contribution in [0.15, 0.2) is 4.52 Å². The fourth-order valence-electron chi connectivity index (χ4n) is 3.00. The molecule has 0 spiro atoms. The largest absolute Gasteiger partial charge is 0.339 e. The molecule has 0 aromatic carbocycles. The molecule has 1 aromatic rings. The zero-order valence-electron chi connectivity index (χ0n) is 13.8. The van der Waals surface area contributed by atoms with E-state index in [2.05, 4.69) is 50.1 Å². The first-order valence-corrected chi connectivity index (χ1v) is 9.04. The van der Waals surface area contributed by atoms with Crippen LogP contribution in [0.5, 0.6) is 0 Å². The minimum atomic E-state index is 0.257. The minimum Gasteiger partial charge on any atom is -0.339 e. The number of hydrogen-bond acceptors (Lipinski definition) is 6. The van der Waals surface area contributed by atoms with Gasteiger partial charge in [0.25, 0.3) is 0 Å². The molecule has 1 aromatic heterocycles. The predicted molar refractivity (Wildman–Crippen MR) is 87.7 cm³/mol. The number of aromatic nitrogens is 2. The molecule has 1 N–H and O–H groups in total.